The van der Waals surface area contributed by atoms with Gasteiger partial charge in [0.25, 0.3) is 0 Å². The van der Waals surface area contributed by atoms with Gasteiger partial charge >= 0.3 is 0 Å². The maximum atomic E-state index is 6.62. The van der Waals surface area contributed by atoms with E-state index < -0.39 is 0 Å². The third kappa shape index (κ3) is 5.24. The molecule has 7 aromatic carbocycles. The van der Waals surface area contributed by atoms with Crippen LogP contribution in [0.3, 0.4) is 0 Å². The van der Waals surface area contributed by atoms with Crippen molar-refractivity contribution in [2.75, 3.05) is 4.90 Å². The van der Waals surface area contributed by atoms with E-state index in [9.17, 15) is 0 Å². The van der Waals surface area contributed by atoms with Gasteiger partial charge in [0.1, 0.15) is 11.3 Å². The number of nitrogens with zero attached hydrogens (tertiary/aromatic N) is 1. The molecular formula is C52H41NO. The zero-order valence-electron chi connectivity index (χ0n) is 30.9. The van der Waals surface area contributed by atoms with Gasteiger partial charge in [0, 0.05) is 39.0 Å². The van der Waals surface area contributed by atoms with Crippen molar-refractivity contribution in [3.05, 3.63) is 204 Å². The number of benzene rings is 7. The summed E-state index contributed by atoms with van der Waals surface area (Å²) in [6.07, 6.45) is 1.01. The van der Waals surface area contributed by atoms with Crippen molar-refractivity contribution in [2.24, 2.45) is 5.92 Å². The molecule has 0 saturated carbocycles. The van der Waals surface area contributed by atoms with Crippen LogP contribution in [-0.4, -0.2) is 0 Å². The molecule has 0 aliphatic heterocycles. The highest BCUT2D eigenvalue weighted by Gasteiger charge is 2.45. The van der Waals surface area contributed by atoms with E-state index in [0.29, 0.717) is 5.92 Å². The minimum absolute atomic E-state index is 0.0919. The van der Waals surface area contributed by atoms with Crippen molar-refractivity contribution in [1.29, 1.82) is 0 Å². The number of anilines is 3. The lowest BCUT2D eigenvalue weighted by Gasteiger charge is -2.31. The van der Waals surface area contributed by atoms with Crippen LogP contribution < -0.4 is 4.90 Å². The molecule has 1 heterocycles. The number of rotatable bonds is 6. The Kier molecular flexibility index (Phi) is 7.56. The lowest BCUT2D eigenvalue weighted by atomic mass is 9.72. The highest BCUT2D eigenvalue weighted by molar-refractivity contribution is 5.97. The van der Waals surface area contributed by atoms with Crippen LogP contribution >= 0.6 is 0 Å². The molecule has 1 unspecified atom stereocenters. The Morgan fingerprint density at radius 2 is 0.981 bits per heavy atom. The summed E-state index contributed by atoms with van der Waals surface area (Å²) in [6.45, 7) is 7.19. The van der Waals surface area contributed by atoms with Gasteiger partial charge in [-0.3, -0.25) is 0 Å². The molecule has 54 heavy (non-hydrogen) atoms. The molecule has 0 bridgehead atoms. The summed E-state index contributed by atoms with van der Waals surface area (Å²) < 4.78 is 6.62. The Bertz CT molecular complexity index is 2600. The van der Waals surface area contributed by atoms with Crippen LogP contribution in [0.15, 0.2) is 186 Å². The molecule has 0 saturated heterocycles. The molecule has 2 aliphatic rings. The van der Waals surface area contributed by atoms with Gasteiger partial charge in [0.05, 0.1) is 0 Å². The van der Waals surface area contributed by atoms with E-state index in [-0.39, 0.29) is 5.41 Å². The molecule has 0 radical (unpaired) electrons. The molecule has 10 rings (SSSR count). The Morgan fingerprint density at radius 1 is 0.519 bits per heavy atom. The third-order valence-electron chi connectivity index (χ3n) is 11.8. The molecular weight excluding hydrogens is 655 g/mol. The second-order valence-electron chi connectivity index (χ2n) is 15.4. The fraction of sp³-hybridized carbons (Fsp3) is 0.115. The Morgan fingerprint density at radius 3 is 1.54 bits per heavy atom. The van der Waals surface area contributed by atoms with E-state index in [4.69, 9.17) is 4.42 Å². The van der Waals surface area contributed by atoms with E-state index in [1.165, 1.54) is 66.6 Å². The van der Waals surface area contributed by atoms with Gasteiger partial charge in [-0.15, -0.1) is 0 Å². The SMILES string of the molecule is CC1Cc2c(oc3ccccc23)C2=C1C(C)(C)c1cc(-c3ccc(N(c4ccc(-c5ccccc5)cc4)c4ccc(-c5ccccc5)cc4)cc3)ccc12. The maximum absolute atomic E-state index is 6.62. The van der Waals surface area contributed by atoms with E-state index >= 15 is 0 Å². The molecule has 260 valence electrons. The molecule has 2 aliphatic carbocycles. The zero-order valence-corrected chi connectivity index (χ0v) is 30.9. The highest BCUT2D eigenvalue weighted by atomic mass is 16.3. The van der Waals surface area contributed by atoms with Gasteiger partial charge in [-0.05, 0) is 111 Å². The van der Waals surface area contributed by atoms with Crippen molar-refractivity contribution in [3.8, 4) is 33.4 Å². The average molecular weight is 696 g/mol. The summed E-state index contributed by atoms with van der Waals surface area (Å²) >= 11 is 0. The number of hydrogen-bond donors (Lipinski definition) is 0. The summed E-state index contributed by atoms with van der Waals surface area (Å²) in [7, 11) is 0. The second kappa shape index (κ2) is 12.6. The maximum Gasteiger partial charge on any atom is 0.139 e. The van der Waals surface area contributed by atoms with Crippen molar-refractivity contribution < 1.29 is 4.42 Å². The molecule has 2 nitrogen and oxygen atoms in total. The van der Waals surface area contributed by atoms with Gasteiger partial charge in [-0.2, -0.15) is 0 Å². The van der Waals surface area contributed by atoms with E-state index in [0.717, 1.165) is 34.8 Å². The molecule has 0 spiro atoms. The largest absolute Gasteiger partial charge is 0.456 e. The van der Waals surface area contributed by atoms with Crippen LogP contribution in [0.5, 0.6) is 0 Å². The summed E-state index contributed by atoms with van der Waals surface area (Å²) in [5, 5.41) is 1.25. The van der Waals surface area contributed by atoms with Gasteiger partial charge < -0.3 is 9.32 Å². The predicted octanol–water partition coefficient (Wildman–Crippen LogP) is 14.2. The molecule has 1 atom stereocenters. The normalized spacial score (nSPS) is 15.5. The topological polar surface area (TPSA) is 16.4 Å². The van der Waals surface area contributed by atoms with Crippen LogP contribution in [0.25, 0.3) is 49.9 Å². The number of furan rings is 1. The van der Waals surface area contributed by atoms with Crippen molar-refractivity contribution in [3.63, 3.8) is 0 Å². The second-order valence-corrected chi connectivity index (χ2v) is 15.4. The van der Waals surface area contributed by atoms with Crippen LogP contribution in [0.1, 0.15) is 43.2 Å². The van der Waals surface area contributed by atoms with Crippen LogP contribution in [0.4, 0.5) is 17.1 Å². The van der Waals surface area contributed by atoms with E-state index in [2.05, 4.69) is 202 Å². The van der Waals surface area contributed by atoms with Gasteiger partial charge in [0.2, 0.25) is 0 Å². The average Bonchev–Trinajstić information content (AvgIpc) is 3.71. The van der Waals surface area contributed by atoms with E-state index in [1.807, 2.05) is 0 Å². The van der Waals surface area contributed by atoms with Crippen LogP contribution in [-0.2, 0) is 11.8 Å². The van der Waals surface area contributed by atoms with Crippen molar-refractivity contribution in [1.82, 2.24) is 0 Å². The molecule has 2 heteroatoms. The highest BCUT2D eigenvalue weighted by Crippen LogP contribution is 2.56. The summed E-state index contributed by atoms with van der Waals surface area (Å²) in [6, 6.07) is 63.6. The third-order valence-corrected chi connectivity index (χ3v) is 11.8. The fourth-order valence-electron chi connectivity index (χ4n) is 9.20. The number of hydrogen-bond acceptors (Lipinski definition) is 2. The first-order valence-corrected chi connectivity index (χ1v) is 19.1. The van der Waals surface area contributed by atoms with Crippen molar-refractivity contribution in [2.45, 2.75) is 32.6 Å². The van der Waals surface area contributed by atoms with Gasteiger partial charge in [-0.1, -0.05) is 148 Å². The predicted molar refractivity (Wildman–Crippen MR) is 226 cm³/mol. The minimum Gasteiger partial charge on any atom is -0.456 e. The molecule has 0 fully saturated rings. The molecule has 8 aromatic rings. The van der Waals surface area contributed by atoms with Crippen LogP contribution in [0, 0.1) is 5.92 Å². The zero-order chi connectivity index (χ0) is 36.4. The number of allylic oxidation sites excluding steroid dienone is 1. The summed E-state index contributed by atoms with van der Waals surface area (Å²) in [4.78, 5) is 2.35. The van der Waals surface area contributed by atoms with E-state index in [1.54, 1.807) is 0 Å². The molecule has 0 amide bonds. The lowest BCUT2D eigenvalue weighted by molar-refractivity contribution is 0.509. The quantitative estimate of drug-likeness (QED) is 0.172. The standard InChI is InChI=1S/C52H41NO/c1-34-32-46-44-16-10-11-17-48(44)54-51(46)49-45-31-24-40(33-47(45)52(2,3)50(34)49)39-22-29-43(30-23-39)53(41-25-18-37(19-26-41)35-12-6-4-7-13-35)42-27-20-38(21-28-42)36-14-8-5-9-15-36/h4-31,33-34H,32H2,1-3H3. The van der Waals surface area contributed by atoms with Crippen LogP contribution in [0.2, 0.25) is 0 Å². The van der Waals surface area contributed by atoms with Gasteiger partial charge in [0.15, 0.2) is 0 Å². The minimum atomic E-state index is -0.0919. The Hall–Kier alpha value is -6.38. The first kappa shape index (κ1) is 32.3. The molecule has 0 N–H and O–H groups in total. The van der Waals surface area contributed by atoms with Crippen molar-refractivity contribution >= 4 is 33.6 Å². The lowest BCUT2D eigenvalue weighted by Crippen LogP contribution is -2.24. The van der Waals surface area contributed by atoms with Gasteiger partial charge in [-0.25, -0.2) is 0 Å². The first-order chi connectivity index (χ1) is 26.4. The number of fused-ring (bicyclic) bond motifs is 6. The number of para-hydroxylation sites is 1. The summed E-state index contributed by atoms with van der Waals surface area (Å²) in [5.74, 6) is 1.51. The smallest absolute Gasteiger partial charge is 0.139 e. The molecule has 1 aromatic heterocycles. The first-order valence-electron chi connectivity index (χ1n) is 19.1. The monoisotopic (exact) mass is 695 g/mol. The summed E-state index contributed by atoms with van der Waals surface area (Å²) in [5.41, 5.74) is 18.4. The Labute approximate surface area is 317 Å². The Balaban J connectivity index is 1.01. The fourth-order valence-corrected chi connectivity index (χ4v) is 9.20.